The van der Waals surface area contributed by atoms with Crippen molar-refractivity contribution in [1.29, 1.82) is 0 Å². The van der Waals surface area contributed by atoms with Gasteiger partial charge in [0.2, 0.25) is 5.95 Å². The molecule has 0 saturated heterocycles. The number of hydrogen-bond acceptors (Lipinski definition) is 2. The van der Waals surface area contributed by atoms with Gasteiger partial charge in [0.15, 0.2) is 0 Å². The van der Waals surface area contributed by atoms with Gasteiger partial charge in [-0.2, -0.15) is 0 Å². The molecule has 0 bridgehead atoms. The molecule has 3 nitrogen and oxygen atoms in total. The lowest BCUT2D eigenvalue weighted by molar-refractivity contribution is 1.07. The van der Waals surface area contributed by atoms with Gasteiger partial charge in [-0.25, -0.2) is 4.98 Å². The fourth-order valence-electron chi connectivity index (χ4n) is 2.75. The zero-order valence-electron chi connectivity index (χ0n) is 13.4. The Kier molecular flexibility index (Phi) is 4.23. The first-order valence-electron chi connectivity index (χ1n) is 8.02. The quantitative estimate of drug-likeness (QED) is 0.496. The molecule has 3 aromatic carbocycles. The average Bonchev–Trinajstić information content (AvgIpc) is 3.07. The summed E-state index contributed by atoms with van der Waals surface area (Å²) in [7, 11) is 0. The molecule has 1 heterocycles. The van der Waals surface area contributed by atoms with Crippen LogP contribution in [0.2, 0.25) is 5.02 Å². The predicted octanol–water partition coefficient (Wildman–Crippen LogP) is 5.94. The summed E-state index contributed by atoms with van der Waals surface area (Å²) in [6.07, 6.45) is 1.88. The summed E-state index contributed by atoms with van der Waals surface area (Å²) in [6, 6.07) is 28.0. The molecule has 1 aromatic heterocycles. The van der Waals surface area contributed by atoms with Crippen molar-refractivity contribution in [2.75, 3.05) is 5.32 Å². The zero-order chi connectivity index (χ0) is 17.1. The van der Waals surface area contributed by atoms with Crippen molar-refractivity contribution in [3.8, 4) is 16.9 Å². The van der Waals surface area contributed by atoms with Crippen LogP contribution in [-0.4, -0.2) is 9.55 Å². The minimum atomic E-state index is 0.720. The van der Waals surface area contributed by atoms with Gasteiger partial charge in [-0.1, -0.05) is 60.1 Å². The molecule has 1 N–H and O–H groups in total. The van der Waals surface area contributed by atoms with Crippen molar-refractivity contribution < 1.29 is 0 Å². The fraction of sp³-hybridized carbons (Fsp3) is 0. The molecule has 0 saturated carbocycles. The third kappa shape index (κ3) is 3.28. The summed E-state index contributed by atoms with van der Waals surface area (Å²) < 4.78 is 2.11. The number of rotatable bonds is 4. The summed E-state index contributed by atoms with van der Waals surface area (Å²) in [5.41, 5.74) is 4.10. The Morgan fingerprint density at radius 3 is 2.08 bits per heavy atom. The first-order chi connectivity index (χ1) is 12.3. The number of para-hydroxylation sites is 2. The van der Waals surface area contributed by atoms with Crippen LogP contribution < -0.4 is 5.32 Å². The Hall–Kier alpha value is -3.04. The van der Waals surface area contributed by atoms with Crippen LogP contribution in [0.4, 0.5) is 11.6 Å². The average molecular weight is 346 g/mol. The highest BCUT2D eigenvalue weighted by molar-refractivity contribution is 6.30. The van der Waals surface area contributed by atoms with E-state index in [4.69, 9.17) is 11.6 Å². The molecule has 0 unspecified atom stereocenters. The molecular weight excluding hydrogens is 330 g/mol. The van der Waals surface area contributed by atoms with Gasteiger partial charge in [0.05, 0.1) is 11.9 Å². The first-order valence-corrected chi connectivity index (χ1v) is 8.40. The highest BCUT2D eigenvalue weighted by Gasteiger charge is 2.13. The number of hydrogen-bond donors (Lipinski definition) is 1. The van der Waals surface area contributed by atoms with Crippen molar-refractivity contribution in [3.63, 3.8) is 0 Å². The van der Waals surface area contributed by atoms with Crippen molar-refractivity contribution in [1.82, 2.24) is 9.55 Å². The summed E-state index contributed by atoms with van der Waals surface area (Å²) in [5.74, 6) is 0.766. The van der Waals surface area contributed by atoms with E-state index in [1.807, 2.05) is 79.0 Å². The third-order valence-electron chi connectivity index (χ3n) is 3.95. The maximum atomic E-state index is 6.03. The minimum absolute atomic E-state index is 0.720. The Bertz CT molecular complexity index is 961. The van der Waals surface area contributed by atoms with Crippen LogP contribution in [0, 0.1) is 0 Å². The molecule has 4 rings (SSSR count). The van der Waals surface area contributed by atoms with Crippen LogP contribution in [0.25, 0.3) is 16.9 Å². The lowest BCUT2D eigenvalue weighted by Crippen LogP contribution is -2.03. The van der Waals surface area contributed by atoms with Gasteiger partial charge in [-0.15, -0.1) is 0 Å². The highest BCUT2D eigenvalue weighted by Crippen LogP contribution is 2.29. The predicted molar refractivity (Wildman–Crippen MR) is 104 cm³/mol. The second-order valence-corrected chi connectivity index (χ2v) is 6.07. The number of halogens is 1. The lowest BCUT2D eigenvalue weighted by atomic mass is 10.1. The standard InChI is InChI=1S/C21H16ClN3/c22-17-13-11-16(12-14-17)20-15-23-21(24-18-7-3-1-4-8-18)25(20)19-9-5-2-6-10-19/h1-15H,(H,23,24). The fourth-order valence-corrected chi connectivity index (χ4v) is 2.88. The number of benzene rings is 3. The smallest absolute Gasteiger partial charge is 0.212 e. The van der Waals surface area contributed by atoms with E-state index >= 15 is 0 Å². The van der Waals surface area contributed by atoms with Crippen molar-refractivity contribution in [3.05, 3.63) is 96.1 Å². The van der Waals surface area contributed by atoms with Crippen LogP contribution in [0.3, 0.4) is 0 Å². The van der Waals surface area contributed by atoms with E-state index < -0.39 is 0 Å². The molecule has 4 aromatic rings. The number of aromatic nitrogens is 2. The third-order valence-corrected chi connectivity index (χ3v) is 4.20. The molecule has 25 heavy (non-hydrogen) atoms. The maximum Gasteiger partial charge on any atom is 0.212 e. The van der Waals surface area contributed by atoms with E-state index in [1.165, 1.54) is 0 Å². The Balaban J connectivity index is 1.83. The van der Waals surface area contributed by atoms with E-state index in [0.717, 1.165) is 33.6 Å². The van der Waals surface area contributed by atoms with E-state index in [-0.39, 0.29) is 0 Å². The molecule has 4 heteroatoms. The van der Waals surface area contributed by atoms with Gasteiger partial charge in [0.25, 0.3) is 0 Å². The zero-order valence-corrected chi connectivity index (χ0v) is 14.2. The Morgan fingerprint density at radius 1 is 0.760 bits per heavy atom. The summed E-state index contributed by atoms with van der Waals surface area (Å²) >= 11 is 6.03. The van der Waals surface area contributed by atoms with Gasteiger partial charge < -0.3 is 5.32 Å². The number of nitrogens with one attached hydrogen (secondary N) is 1. The summed E-state index contributed by atoms with van der Waals surface area (Å²) in [5, 5.41) is 4.12. The van der Waals surface area contributed by atoms with E-state index in [2.05, 4.69) is 27.0 Å². The highest BCUT2D eigenvalue weighted by atomic mass is 35.5. The molecule has 0 aliphatic heterocycles. The summed E-state index contributed by atoms with van der Waals surface area (Å²) in [6.45, 7) is 0. The van der Waals surface area contributed by atoms with Gasteiger partial charge in [-0.05, 0) is 36.4 Å². The van der Waals surface area contributed by atoms with Crippen molar-refractivity contribution in [2.45, 2.75) is 0 Å². The van der Waals surface area contributed by atoms with E-state index in [1.54, 1.807) is 0 Å². The maximum absolute atomic E-state index is 6.03. The largest absolute Gasteiger partial charge is 0.325 e. The minimum Gasteiger partial charge on any atom is -0.325 e. The molecule has 0 radical (unpaired) electrons. The first kappa shape index (κ1) is 15.5. The number of anilines is 2. The van der Waals surface area contributed by atoms with Crippen LogP contribution in [-0.2, 0) is 0 Å². The van der Waals surface area contributed by atoms with Crippen LogP contribution >= 0.6 is 11.6 Å². The summed E-state index contributed by atoms with van der Waals surface area (Å²) in [4.78, 5) is 4.61. The molecular formula is C21H16ClN3. The normalized spacial score (nSPS) is 10.6. The van der Waals surface area contributed by atoms with Gasteiger partial charge >= 0.3 is 0 Å². The van der Waals surface area contributed by atoms with Gasteiger partial charge in [-0.3, -0.25) is 4.57 Å². The molecule has 0 spiro atoms. The topological polar surface area (TPSA) is 29.9 Å². The van der Waals surface area contributed by atoms with Crippen LogP contribution in [0.5, 0.6) is 0 Å². The Morgan fingerprint density at radius 2 is 1.40 bits per heavy atom. The second kappa shape index (κ2) is 6.83. The van der Waals surface area contributed by atoms with Crippen LogP contribution in [0.15, 0.2) is 91.1 Å². The molecule has 122 valence electrons. The molecule has 0 aliphatic carbocycles. The van der Waals surface area contributed by atoms with Gasteiger partial charge in [0.1, 0.15) is 0 Å². The molecule has 0 amide bonds. The van der Waals surface area contributed by atoms with Crippen molar-refractivity contribution >= 4 is 23.2 Å². The monoisotopic (exact) mass is 345 g/mol. The SMILES string of the molecule is Clc1ccc(-c2cnc(Nc3ccccc3)n2-c2ccccc2)cc1. The number of nitrogens with zero attached hydrogens (tertiary/aromatic N) is 2. The second-order valence-electron chi connectivity index (χ2n) is 5.64. The van der Waals surface area contributed by atoms with E-state index in [9.17, 15) is 0 Å². The molecule has 0 atom stereocenters. The van der Waals surface area contributed by atoms with Gasteiger partial charge in [0, 0.05) is 22.0 Å². The van der Waals surface area contributed by atoms with E-state index in [0.29, 0.717) is 0 Å². The molecule has 0 fully saturated rings. The lowest BCUT2D eigenvalue weighted by Gasteiger charge is -2.13. The Labute approximate surface area is 151 Å². The number of imidazole rings is 1. The van der Waals surface area contributed by atoms with Crippen molar-refractivity contribution in [2.24, 2.45) is 0 Å². The van der Waals surface area contributed by atoms with Crippen LogP contribution in [0.1, 0.15) is 0 Å². The molecule has 0 aliphatic rings.